The molecule has 1 heterocycles. The molecule has 31 heavy (non-hydrogen) atoms. The third kappa shape index (κ3) is 3.51. The summed E-state index contributed by atoms with van der Waals surface area (Å²) in [5.41, 5.74) is -3.03. The third-order valence-electron chi connectivity index (χ3n) is 5.86. The van der Waals surface area contributed by atoms with Crippen LogP contribution in [0.4, 0.5) is 23.2 Å². The summed E-state index contributed by atoms with van der Waals surface area (Å²) in [6.07, 6.45) is -4.16. The van der Waals surface area contributed by atoms with E-state index in [1.54, 1.807) is 32.9 Å². The number of rotatable bonds is 2. The van der Waals surface area contributed by atoms with Gasteiger partial charge in [-0.15, -0.1) is 0 Å². The lowest BCUT2D eigenvalue weighted by atomic mass is 9.63. The normalized spacial score (nSPS) is 22.9. The van der Waals surface area contributed by atoms with Gasteiger partial charge >= 0.3 is 6.18 Å². The van der Waals surface area contributed by atoms with Crippen molar-refractivity contribution in [1.82, 2.24) is 9.97 Å². The second-order valence-electron chi connectivity index (χ2n) is 8.57. The van der Waals surface area contributed by atoms with Crippen LogP contribution >= 0.6 is 11.6 Å². The van der Waals surface area contributed by atoms with Gasteiger partial charge < -0.3 is 10.4 Å². The minimum Gasteiger partial charge on any atom is -0.379 e. The molecule has 0 fully saturated rings. The molecule has 2 unspecified atom stereocenters. The Hall–Kier alpha value is -2.45. The lowest BCUT2D eigenvalue weighted by molar-refractivity contribution is -0.275. The molecule has 0 saturated heterocycles. The first kappa shape index (κ1) is 21.8. The number of nitrogens with zero attached hydrogens (tertiary/aromatic N) is 2. The van der Waals surface area contributed by atoms with Gasteiger partial charge in [-0.3, -0.25) is 0 Å². The molecule has 1 aliphatic rings. The highest BCUT2D eigenvalue weighted by molar-refractivity contribution is 6.30. The van der Waals surface area contributed by atoms with Crippen molar-refractivity contribution < 1.29 is 22.7 Å². The summed E-state index contributed by atoms with van der Waals surface area (Å²) >= 11 is 6.12. The number of nitrogens with one attached hydrogen (secondary N) is 1. The number of halogens is 5. The van der Waals surface area contributed by atoms with E-state index in [1.165, 1.54) is 18.3 Å². The Morgan fingerprint density at radius 2 is 1.90 bits per heavy atom. The summed E-state index contributed by atoms with van der Waals surface area (Å²) in [5.74, 6) is -0.294. The number of benzene rings is 2. The summed E-state index contributed by atoms with van der Waals surface area (Å²) in [4.78, 5) is 8.11. The SMILES string of the molecule is Cc1ncc2c(NC3c4cc(Cl)ccc4C(C)(C)CC3(O)C(F)(F)F)ccc(F)c2n1. The van der Waals surface area contributed by atoms with Crippen molar-refractivity contribution in [3.63, 3.8) is 0 Å². The van der Waals surface area contributed by atoms with E-state index in [9.17, 15) is 22.7 Å². The largest absolute Gasteiger partial charge is 0.419 e. The molecule has 0 saturated carbocycles. The predicted octanol–water partition coefficient (Wildman–Crippen LogP) is 5.86. The lowest BCUT2D eigenvalue weighted by Gasteiger charge is -2.49. The summed E-state index contributed by atoms with van der Waals surface area (Å²) < 4.78 is 57.0. The number of aliphatic hydroxyl groups is 1. The first-order chi connectivity index (χ1) is 14.3. The van der Waals surface area contributed by atoms with Crippen molar-refractivity contribution in [2.75, 3.05) is 5.32 Å². The Morgan fingerprint density at radius 1 is 1.19 bits per heavy atom. The average molecular weight is 454 g/mol. The number of anilines is 1. The number of hydrogen-bond acceptors (Lipinski definition) is 4. The molecule has 0 amide bonds. The van der Waals surface area contributed by atoms with Gasteiger partial charge in [0, 0.05) is 22.3 Å². The van der Waals surface area contributed by atoms with Gasteiger partial charge in [-0.1, -0.05) is 31.5 Å². The van der Waals surface area contributed by atoms with E-state index < -0.39 is 35.5 Å². The molecule has 1 aliphatic carbocycles. The van der Waals surface area contributed by atoms with Crippen LogP contribution in [0.1, 0.15) is 43.3 Å². The predicted molar refractivity (Wildman–Crippen MR) is 111 cm³/mol. The van der Waals surface area contributed by atoms with E-state index >= 15 is 0 Å². The molecule has 0 bridgehead atoms. The molecule has 0 radical (unpaired) electrons. The van der Waals surface area contributed by atoms with Crippen LogP contribution in [-0.2, 0) is 5.41 Å². The van der Waals surface area contributed by atoms with Gasteiger partial charge in [0.2, 0.25) is 0 Å². The summed E-state index contributed by atoms with van der Waals surface area (Å²) in [6, 6.07) is 5.58. The van der Waals surface area contributed by atoms with Crippen LogP contribution < -0.4 is 5.32 Å². The van der Waals surface area contributed by atoms with E-state index in [4.69, 9.17) is 11.6 Å². The Labute approximate surface area is 181 Å². The third-order valence-corrected chi connectivity index (χ3v) is 6.09. The highest BCUT2D eigenvalue weighted by atomic mass is 35.5. The smallest absolute Gasteiger partial charge is 0.379 e. The van der Waals surface area contributed by atoms with Gasteiger partial charge in [0.15, 0.2) is 5.60 Å². The van der Waals surface area contributed by atoms with Crippen LogP contribution in [0.5, 0.6) is 0 Å². The lowest BCUT2D eigenvalue weighted by Crippen LogP contribution is -2.58. The van der Waals surface area contributed by atoms with Gasteiger partial charge in [-0.25, -0.2) is 14.4 Å². The summed E-state index contributed by atoms with van der Waals surface area (Å²) in [6.45, 7) is 4.88. The highest BCUT2D eigenvalue weighted by Crippen LogP contribution is 2.54. The van der Waals surface area contributed by atoms with E-state index in [-0.39, 0.29) is 27.2 Å². The minimum absolute atomic E-state index is 0.0181. The van der Waals surface area contributed by atoms with E-state index in [0.717, 1.165) is 6.07 Å². The number of fused-ring (bicyclic) bond motifs is 2. The molecule has 4 rings (SSSR count). The number of alkyl halides is 3. The molecule has 164 valence electrons. The van der Waals surface area contributed by atoms with Gasteiger partial charge in [0.25, 0.3) is 0 Å². The molecule has 0 aliphatic heterocycles. The van der Waals surface area contributed by atoms with Crippen LogP contribution in [0.25, 0.3) is 10.9 Å². The minimum atomic E-state index is -4.94. The van der Waals surface area contributed by atoms with Gasteiger partial charge in [-0.2, -0.15) is 13.2 Å². The maximum atomic E-state index is 14.3. The molecule has 2 aromatic carbocycles. The van der Waals surface area contributed by atoms with E-state index in [1.807, 2.05) is 0 Å². The van der Waals surface area contributed by atoms with Crippen LogP contribution in [0.2, 0.25) is 5.02 Å². The molecule has 3 aromatic rings. The zero-order valence-corrected chi connectivity index (χ0v) is 17.7. The van der Waals surface area contributed by atoms with Gasteiger partial charge in [0.05, 0.1) is 6.04 Å². The topological polar surface area (TPSA) is 58.0 Å². The van der Waals surface area contributed by atoms with Crippen molar-refractivity contribution >= 4 is 28.2 Å². The van der Waals surface area contributed by atoms with E-state index in [2.05, 4.69) is 15.3 Å². The molecule has 0 spiro atoms. The Kier molecular flexibility index (Phi) is 4.94. The van der Waals surface area contributed by atoms with Crippen molar-refractivity contribution in [3.8, 4) is 0 Å². The van der Waals surface area contributed by atoms with Crippen LogP contribution in [0.3, 0.4) is 0 Å². The number of aryl methyl sites for hydroxylation is 1. The second kappa shape index (κ2) is 7.03. The van der Waals surface area contributed by atoms with Crippen molar-refractivity contribution in [2.24, 2.45) is 0 Å². The second-order valence-corrected chi connectivity index (χ2v) is 9.00. The highest BCUT2D eigenvalue weighted by Gasteiger charge is 2.63. The Bertz CT molecular complexity index is 1180. The van der Waals surface area contributed by atoms with Crippen LogP contribution in [-0.4, -0.2) is 26.9 Å². The molecule has 4 nitrogen and oxygen atoms in total. The van der Waals surface area contributed by atoms with Gasteiger partial charge in [0.1, 0.15) is 17.2 Å². The zero-order chi connectivity index (χ0) is 22.8. The van der Waals surface area contributed by atoms with Crippen LogP contribution in [0.15, 0.2) is 36.5 Å². The fraction of sp³-hybridized carbons (Fsp3) is 0.364. The first-order valence-corrected chi connectivity index (χ1v) is 9.99. The Balaban J connectivity index is 1.94. The quantitative estimate of drug-likeness (QED) is 0.477. The summed E-state index contributed by atoms with van der Waals surface area (Å²) in [7, 11) is 0. The standard InChI is InChI=1S/C22H20ClF4N3O/c1-11-28-9-14-17(7-6-16(24)18(14)29-11)30-19-13-8-12(23)4-5-15(13)20(2,3)10-21(19,31)22(25,26)27/h4-9,19,30-31H,10H2,1-3H3. The maximum Gasteiger partial charge on any atom is 0.419 e. The van der Waals surface area contributed by atoms with E-state index in [0.29, 0.717) is 11.4 Å². The maximum absolute atomic E-state index is 14.3. The van der Waals surface area contributed by atoms with Gasteiger partial charge in [-0.05, 0) is 54.2 Å². The molecular weight excluding hydrogens is 434 g/mol. The molecule has 1 aromatic heterocycles. The Morgan fingerprint density at radius 3 is 2.58 bits per heavy atom. The number of aromatic nitrogens is 2. The van der Waals surface area contributed by atoms with Crippen molar-refractivity contribution in [1.29, 1.82) is 0 Å². The average Bonchev–Trinajstić information content (AvgIpc) is 2.65. The first-order valence-electron chi connectivity index (χ1n) is 9.61. The molecular formula is C22H20ClF4N3O. The number of hydrogen-bond donors (Lipinski definition) is 2. The van der Waals surface area contributed by atoms with Crippen molar-refractivity contribution in [2.45, 2.75) is 50.4 Å². The zero-order valence-electron chi connectivity index (χ0n) is 17.0. The van der Waals surface area contributed by atoms with Crippen molar-refractivity contribution in [3.05, 3.63) is 64.3 Å². The molecule has 2 atom stereocenters. The van der Waals surface area contributed by atoms with Crippen LogP contribution in [0, 0.1) is 12.7 Å². The molecule has 9 heteroatoms. The monoisotopic (exact) mass is 453 g/mol. The fourth-order valence-electron chi connectivity index (χ4n) is 4.43. The molecule has 2 N–H and O–H groups in total. The fourth-order valence-corrected chi connectivity index (χ4v) is 4.61. The summed E-state index contributed by atoms with van der Waals surface area (Å²) in [5, 5.41) is 14.3.